The van der Waals surface area contributed by atoms with Crippen LogP contribution < -0.4 is 22.9 Å². The van der Waals surface area contributed by atoms with Gasteiger partial charge in [-0.2, -0.15) is 26.3 Å². The van der Waals surface area contributed by atoms with Gasteiger partial charge in [-0.3, -0.25) is 0 Å². The average molecular weight is 519 g/mol. The average Bonchev–Trinajstić information content (AvgIpc) is 2.79. The van der Waals surface area contributed by atoms with E-state index < -0.39 is 34.6 Å². The second-order valence-electron chi connectivity index (χ2n) is 8.30. The van der Waals surface area contributed by atoms with Crippen molar-refractivity contribution in [1.29, 1.82) is 0 Å². The van der Waals surface area contributed by atoms with Crippen molar-refractivity contribution in [3.63, 3.8) is 0 Å². The number of nitrogens with two attached hydrogens (primary N) is 4. The van der Waals surface area contributed by atoms with Crippen molar-refractivity contribution in [3.8, 4) is 22.3 Å². The Morgan fingerprint density at radius 2 is 0.811 bits per heavy atom. The maximum Gasteiger partial charge on any atom is 0.417 e. The number of anilines is 4. The predicted octanol–water partition coefficient (Wildman–Crippen LogP) is 7.38. The lowest BCUT2D eigenvalue weighted by molar-refractivity contribution is -0.139. The van der Waals surface area contributed by atoms with E-state index in [1.165, 1.54) is 16.7 Å². The zero-order valence-corrected chi connectivity index (χ0v) is 19.6. The Labute approximate surface area is 209 Å². The standard InChI is InChI=1S/C14H10F6N2.C13H14N2/c15-13(16,17)11-5-7(21)1-3-9(11)10-4-2-8(22)6-12(10)14(18,19)20;1-9-8-12(15)6-7-13(9)10-2-4-11(14)5-3-10/h1-6H,21-22H2;2-8H,14-15H2,1H3. The normalized spacial score (nSPS) is 11.5. The van der Waals surface area contributed by atoms with Crippen molar-refractivity contribution >= 4 is 22.7 Å². The molecule has 0 radical (unpaired) electrons. The molecule has 0 atom stereocenters. The number of hydrogen-bond donors (Lipinski definition) is 4. The van der Waals surface area contributed by atoms with E-state index in [0.29, 0.717) is 12.1 Å². The van der Waals surface area contributed by atoms with Crippen molar-refractivity contribution in [2.24, 2.45) is 0 Å². The lowest BCUT2D eigenvalue weighted by atomic mass is 9.94. The quantitative estimate of drug-likeness (QED) is 0.164. The molecule has 194 valence electrons. The van der Waals surface area contributed by atoms with Gasteiger partial charge in [0.05, 0.1) is 11.1 Å². The number of benzene rings is 4. The topological polar surface area (TPSA) is 104 Å². The van der Waals surface area contributed by atoms with Gasteiger partial charge in [0.25, 0.3) is 0 Å². The summed E-state index contributed by atoms with van der Waals surface area (Å²) >= 11 is 0. The molecule has 0 heterocycles. The SMILES string of the molecule is Cc1cc(N)ccc1-c1ccc(N)cc1.Nc1ccc(-c2ccc(N)cc2C(F)(F)F)c(C(F)(F)F)c1. The first-order chi connectivity index (χ1) is 17.2. The van der Waals surface area contributed by atoms with E-state index in [4.69, 9.17) is 22.9 Å². The van der Waals surface area contributed by atoms with E-state index in [1.807, 2.05) is 42.5 Å². The van der Waals surface area contributed by atoms with Crippen LogP contribution in [0.3, 0.4) is 0 Å². The molecule has 0 spiro atoms. The van der Waals surface area contributed by atoms with E-state index in [2.05, 4.69) is 6.92 Å². The highest BCUT2D eigenvalue weighted by atomic mass is 19.4. The molecule has 4 aromatic rings. The summed E-state index contributed by atoms with van der Waals surface area (Å²) < 4.78 is 78.4. The summed E-state index contributed by atoms with van der Waals surface area (Å²) in [5.74, 6) is 0. The lowest BCUT2D eigenvalue weighted by Crippen LogP contribution is -2.12. The first kappa shape index (κ1) is 27.3. The van der Waals surface area contributed by atoms with Gasteiger partial charge < -0.3 is 22.9 Å². The Morgan fingerprint density at radius 1 is 0.459 bits per heavy atom. The van der Waals surface area contributed by atoms with Crippen LogP contribution in [0.5, 0.6) is 0 Å². The van der Waals surface area contributed by atoms with Crippen LogP contribution in [0.4, 0.5) is 49.1 Å². The molecule has 0 fully saturated rings. The molecule has 10 heteroatoms. The van der Waals surface area contributed by atoms with Crippen LogP contribution in [0.2, 0.25) is 0 Å². The smallest absolute Gasteiger partial charge is 0.399 e. The van der Waals surface area contributed by atoms with Gasteiger partial charge in [-0.05, 0) is 83.3 Å². The zero-order valence-electron chi connectivity index (χ0n) is 19.6. The highest BCUT2D eigenvalue weighted by Gasteiger charge is 2.38. The van der Waals surface area contributed by atoms with Crippen LogP contribution in [-0.2, 0) is 12.4 Å². The minimum atomic E-state index is -4.84. The molecule has 8 N–H and O–H groups in total. The van der Waals surface area contributed by atoms with Gasteiger partial charge in [0, 0.05) is 22.7 Å². The van der Waals surface area contributed by atoms with Gasteiger partial charge in [0.1, 0.15) is 0 Å². The van der Waals surface area contributed by atoms with Crippen LogP contribution in [0, 0.1) is 6.92 Å². The van der Waals surface area contributed by atoms with Gasteiger partial charge in [-0.15, -0.1) is 0 Å². The largest absolute Gasteiger partial charge is 0.417 e. The molecule has 0 saturated heterocycles. The zero-order chi connectivity index (χ0) is 27.5. The maximum atomic E-state index is 13.1. The van der Waals surface area contributed by atoms with Crippen LogP contribution in [-0.4, -0.2) is 0 Å². The van der Waals surface area contributed by atoms with Crippen molar-refractivity contribution in [2.75, 3.05) is 22.9 Å². The highest BCUT2D eigenvalue weighted by molar-refractivity contribution is 5.75. The number of nitrogen functional groups attached to an aromatic ring is 4. The summed E-state index contributed by atoms with van der Waals surface area (Å²) in [6, 6.07) is 19.1. The number of rotatable bonds is 2. The van der Waals surface area contributed by atoms with Crippen molar-refractivity contribution in [2.45, 2.75) is 19.3 Å². The molecule has 0 aliphatic heterocycles. The minimum Gasteiger partial charge on any atom is -0.399 e. The third-order valence-corrected chi connectivity index (χ3v) is 5.46. The molecule has 0 aliphatic rings. The molecule has 0 aliphatic carbocycles. The summed E-state index contributed by atoms with van der Waals surface area (Å²) in [7, 11) is 0. The van der Waals surface area contributed by atoms with Crippen LogP contribution >= 0.6 is 0 Å². The van der Waals surface area contributed by atoms with Gasteiger partial charge in [-0.25, -0.2) is 0 Å². The summed E-state index contributed by atoms with van der Waals surface area (Å²) in [4.78, 5) is 0. The summed E-state index contributed by atoms with van der Waals surface area (Å²) in [6.45, 7) is 2.06. The molecule has 0 unspecified atom stereocenters. The van der Waals surface area contributed by atoms with E-state index in [9.17, 15) is 26.3 Å². The minimum absolute atomic E-state index is 0.194. The third-order valence-electron chi connectivity index (χ3n) is 5.46. The molecule has 0 bridgehead atoms. The molecule has 4 aromatic carbocycles. The number of hydrogen-bond acceptors (Lipinski definition) is 4. The Balaban J connectivity index is 0.000000220. The van der Waals surface area contributed by atoms with E-state index >= 15 is 0 Å². The molecule has 37 heavy (non-hydrogen) atoms. The highest BCUT2D eigenvalue weighted by Crippen LogP contribution is 2.43. The van der Waals surface area contributed by atoms with E-state index in [1.54, 1.807) is 0 Å². The first-order valence-electron chi connectivity index (χ1n) is 10.8. The Bertz CT molecular complexity index is 1330. The number of halogens is 6. The molecule has 4 nitrogen and oxygen atoms in total. The van der Waals surface area contributed by atoms with E-state index in [0.717, 1.165) is 35.6 Å². The molecule has 0 amide bonds. The molecular weight excluding hydrogens is 494 g/mol. The Hall–Kier alpha value is -4.34. The fraction of sp³-hybridized carbons (Fsp3) is 0.111. The number of alkyl halides is 6. The van der Waals surface area contributed by atoms with Crippen molar-refractivity contribution < 1.29 is 26.3 Å². The second-order valence-corrected chi connectivity index (χ2v) is 8.30. The van der Waals surface area contributed by atoms with Gasteiger partial charge in [-0.1, -0.05) is 30.3 Å². The molecule has 0 aromatic heterocycles. The molecular formula is C27H24F6N4. The van der Waals surface area contributed by atoms with Gasteiger partial charge in [0.2, 0.25) is 0 Å². The lowest BCUT2D eigenvalue weighted by Gasteiger charge is -2.18. The van der Waals surface area contributed by atoms with Gasteiger partial charge >= 0.3 is 12.4 Å². The third kappa shape index (κ3) is 6.66. The Kier molecular flexibility index (Phi) is 7.61. The number of aryl methyl sites for hydroxylation is 1. The summed E-state index contributed by atoms with van der Waals surface area (Å²) in [5.41, 5.74) is 23.0. The monoisotopic (exact) mass is 518 g/mol. The summed E-state index contributed by atoms with van der Waals surface area (Å²) in [5, 5.41) is 0. The second kappa shape index (κ2) is 10.3. The molecule has 4 rings (SSSR count). The maximum absolute atomic E-state index is 13.1. The van der Waals surface area contributed by atoms with Crippen LogP contribution in [0.1, 0.15) is 16.7 Å². The van der Waals surface area contributed by atoms with Crippen LogP contribution in [0.25, 0.3) is 22.3 Å². The van der Waals surface area contributed by atoms with Crippen molar-refractivity contribution in [3.05, 3.63) is 95.6 Å². The van der Waals surface area contributed by atoms with E-state index in [-0.39, 0.29) is 11.4 Å². The predicted molar refractivity (Wildman–Crippen MR) is 136 cm³/mol. The first-order valence-corrected chi connectivity index (χ1v) is 10.8. The summed E-state index contributed by atoms with van der Waals surface area (Å²) in [6.07, 6.45) is -9.68. The fourth-order valence-electron chi connectivity index (χ4n) is 3.74. The Morgan fingerprint density at radius 3 is 1.19 bits per heavy atom. The van der Waals surface area contributed by atoms with Gasteiger partial charge in [0.15, 0.2) is 0 Å². The fourth-order valence-corrected chi connectivity index (χ4v) is 3.74. The van der Waals surface area contributed by atoms with Crippen molar-refractivity contribution in [1.82, 2.24) is 0 Å². The van der Waals surface area contributed by atoms with Crippen LogP contribution in [0.15, 0.2) is 78.9 Å². The molecule has 0 saturated carbocycles.